The second-order valence-electron chi connectivity index (χ2n) is 9.60. The standard InChI is InChI=1S/C22H47P/c1-8-10-17-23(7,18-12-11-14-21-15-13-16-21)22(5,6)20(4)19(3)9-2/h19-21,23H,8-18H2,1-7H3. The quantitative estimate of drug-likeness (QED) is 0.253. The van der Waals surface area contributed by atoms with Gasteiger partial charge in [-0.25, -0.2) is 0 Å². The molecule has 1 heteroatoms. The number of unbranched alkanes of at least 4 members (excludes halogenated alkanes) is 2. The summed E-state index contributed by atoms with van der Waals surface area (Å²) in [7, 11) is -1.20. The van der Waals surface area contributed by atoms with Crippen molar-refractivity contribution in [3.8, 4) is 0 Å². The van der Waals surface area contributed by atoms with Crippen LogP contribution >= 0.6 is 7.26 Å². The summed E-state index contributed by atoms with van der Waals surface area (Å²) in [5.74, 6) is 2.84. The Morgan fingerprint density at radius 2 is 1.61 bits per heavy atom. The van der Waals surface area contributed by atoms with E-state index in [0.29, 0.717) is 5.16 Å². The van der Waals surface area contributed by atoms with Gasteiger partial charge in [0.1, 0.15) is 0 Å². The molecule has 1 aliphatic rings. The van der Waals surface area contributed by atoms with Crippen LogP contribution < -0.4 is 0 Å². The molecule has 1 saturated carbocycles. The van der Waals surface area contributed by atoms with E-state index in [9.17, 15) is 0 Å². The first kappa shape index (κ1) is 21.5. The molecule has 1 aliphatic carbocycles. The summed E-state index contributed by atoms with van der Waals surface area (Å²) in [6.45, 7) is 17.8. The van der Waals surface area contributed by atoms with Crippen molar-refractivity contribution in [3.63, 3.8) is 0 Å². The molecule has 2 unspecified atom stereocenters. The van der Waals surface area contributed by atoms with E-state index in [0.717, 1.165) is 17.8 Å². The Balaban J connectivity index is 2.65. The van der Waals surface area contributed by atoms with Crippen molar-refractivity contribution in [3.05, 3.63) is 0 Å². The second kappa shape index (κ2) is 9.79. The molecule has 0 aliphatic heterocycles. The van der Waals surface area contributed by atoms with Crippen molar-refractivity contribution in [2.75, 3.05) is 19.0 Å². The van der Waals surface area contributed by atoms with Gasteiger partial charge in [0.2, 0.25) is 0 Å². The van der Waals surface area contributed by atoms with E-state index >= 15 is 0 Å². The fraction of sp³-hybridized carbons (Fsp3) is 1.00. The van der Waals surface area contributed by atoms with Gasteiger partial charge in [-0.1, -0.05) is 0 Å². The average Bonchev–Trinajstić information content (AvgIpc) is 2.49. The first-order valence-electron chi connectivity index (χ1n) is 10.8. The normalized spacial score (nSPS) is 20.1. The molecule has 1 rings (SSSR count). The molecule has 2 atom stereocenters. The summed E-state index contributed by atoms with van der Waals surface area (Å²) in [5, 5.41) is 0.577. The van der Waals surface area contributed by atoms with Crippen molar-refractivity contribution in [2.45, 2.75) is 104 Å². The third kappa shape index (κ3) is 5.73. The summed E-state index contributed by atoms with van der Waals surface area (Å²) in [5.41, 5.74) is 0. The minimum absolute atomic E-state index is 0.577. The molecule has 0 heterocycles. The topological polar surface area (TPSA) is 0 Å². The molecule has 0 radical (unpaired) electrons. The molecular formula is C22H47P. The van der Waals surface area contributed by atoms with E-state index in [1.807, 2.05) is 0 Å². The third-order valence-electron chi connectivity index (χ3n) is 8.09. The molecule has 0 aromatic carbocycles. The Morgan fingerprint density at radius 3 is 2.09 bits per heavy atom. The first-order chi connectivity index (χ1) is 10.8. The number of hydrogen-bond acceptors (Lipinski definition) is 0. The zero-order chi connectivity index (χ0) is 17.5. The van der Waals surface area contributed by atoms with Crippen LogP contribution in [0.5, 0.6) is 0 Å². The van der Waals surface area contributed by atoms with E-state index in [2.05, 4.69) is 48.2 Å². The van der Waals surface area contributed by atoms with E-state index < -0.39 is 7.26 Å². The molecule has 23 heavy (non-hydrogen) atoms. The van der Waals surface area contributed by atoms with Gasteiger partial charge in [-0.2, -0.15) is 0 Å². The summed E-state index contributed by atoms with van der Waals surface area (Å²) < 4.78 is 0. The van der Waals surface area contributed by atoms with Crippen LogP contribution in [0, 0.1) is 17.8 Å². The SMILES string of the molecule is CCCC[PH](C)(CCCCC1CCC1)C(C)(C)C(C)C(C)CC. The molecule has 0 nitrogen and oxygen atoms in total. The van der Waals surface area contributed by atoms with Crippen LogP contribution in [0.15, 0.2) is 0 Å². The van der Waals surface area contributed by atoms with Crippen molar-refractivity contribution in [2.24, 2.45) is 17.8 Å². The maximum atomic E-state index is 2.75. The summed E-state index contributed by atoms with van der Waals surface area (Å²) >= 11 is 0. The molecule has 0 saturated heterocycles. The Morgan fingerprint density at radius 1 is 1.00 bits per heavy atom. The van der Waals surface area contributed by atoms with Gasteiger partial charge in [-0.3, -0.25) is 0 Å². The van der Waals surface area contributed by atoms with Crippen molar-refractivity contribution in [1.29, 1.82) is 0 Å². The van der Waals surface area contributed by atoms with Gasteiger partial charge >= 0.3 is 148 Å². The monoisotopic (exact) mass is 342 g/mol. The second-order valence-corrected chi connectivity index (χ2v) is 15.0. The Kier molecular flexibility index (Phi) is 9.14. The van der Waals surface area contributed by atoms with Gasteiger partial charge in [0.25, 0.3) is 0 Å². The molecule has 0 aromatic heterocycles. The van der Waals surface area contributed by atoms with Crippen molar-refractivity contribution >= 4 is 7.26 Å². The van der Waals surface area contributed by atoms with Crippen molar-refractivity contribution in [1.82, 2.24) is 0 Å². The molecule has 140 valence electrons. The van der Waals surface area contributed by atoms with Crippen molar-refractivity contribution < 1.29 is 0 Å². The molecule has 0 bridgehead atoms. The van der Waals surface area contributed by atoms with Crippen LogP contribution in [0.3, 0.4) is 0 Å². The predicted octanol–water partition coefficient (Wildman–Crippen LogP) is 7.60. The predicted molar refractivity (Wildman–Crippen MR) is 113 cm³/mol. The third-order valence-corrected chi connectivity index (χ3v) is 14.6. The zero-order valence-corrected chi connectivity index (χ0v) is 18.5. The van der Waals surface area contributed by atoms with Gasteiger partial charge in [-0.05, 0) is 0 Å². The molecule has 1 fully saturated rings. The van der Waals surface area contributed by atoms with Gasteiger partial charge < -0.3 is 0 Å². The number of hydrogen-bond donors (Lipinski definition) is 0. The fourth-order valence-corrected chi connectivity index (χ4v) is 9.77. The fourth-order valence-electron chi connectivity index (χ4n) is 4.68. The van der Waals surface area contributed by atoms with Crippen LogP contribution in [0.25, 0.3) is 0 Å². The zero-order valence-electron chi connectivity index (χ0n) is 17.5. The minimum atomic E-state index is -1.20. The van der Waals surface area contributed by atoms with E-state index in [1.54, 1.807) is 12.3 Å². The van der Waals surface area contributed by atoms with E-state index in [4.69, 9.17) is 0 Å². The maximum absolute atomic E-state index is 2.75. The molecular weight excluding hydrogens is 295 g/mol. The Hall–Kier alpha value is 0.430. The van der Waals surface area contributed by atoms with Crippen LogP contribution in [0.2, 0.25) is 0 Å². The molecule has 0 N–H and O–H groups in total. The van der Waals surface area contributed by atoms with Crippen LogP contribution in [0.1, 0.15) is 99.3 Å². The summed E-state index contributed by atoms with van der Waals surface area (Å²) in [6, 6.07) is 0. The van der Waals surface area contributed by atoms with Gasteiger partial charge in [0, 0.05) is 0 Å². The average molecular weight is 343 g/mol. The van der Waals surface area contributed by atoms with Gasteiger partial charge in [0.05, 0.1) is 0 Å². The Labute approximate surface area is 148 Å². The first-order valence-corrected chi connectivity index (χ1v) is 13.7. The van der Waals surface area contributed by atoms with Gasteiger partial charge in [-0.15, -0.1) is 0 Å². The van der Waals surface area contributed by atoms with Crippen LogP contribution in [-0.2, 0) is 0 Å². The van der Waals surface area contributed by atoms with E-state index in [1.165, 1.54) is 57.8 Å². The van der Waals surface area contributed by atoms with Crippen LogP contribution in [0.4, 0.5) is 0 Å². The molecule has 0 amide bonds. The van der Waals surface area contributed by atoms with Crippen LogP contribution in [-0.4, -0.2) is 24.1 Å². The summed E-state index contributed by atoms with van der Waals surface area (Å²) in [4.78, 5) is 0. The number of rotatable bonds is 12. The van der Waals surface area contributed by atoms with E-state index in [-0.39, 0.29) is 0 Å². The Bertz CT molecular complexity index is 318. The van der Waals surface area contributed by atoms with Gasteiger partial charge in [0.15, 0.2) is 0 Å². The molecule has 0 spiro atoms. The summed E-state index contributed by atoms with van der Waals surface area (Å²) in [6.07, 6.45) is 16.4. The molecule has 0 aromatic rings.